The van der Waals surface area contributed by atoms with Crippen molar-refractivity contribution in [2.45, 2.75) is 49.9 Å². The molecule has 11 heteroatoms. The predicted octanol–water partition coefficient (Wildman–Crippen LogP) is 2.66. The summed E-state index contributed by atoms with van der Waals surface area (Å²) in [6.07, 6.45) is 0.266. The van der Waals surface area contributed by atoms with Crippen LogP contribution in [-0.2, 0) is 29.6 Å². The lowest BCUT2D eigenvalue weighted by Gasteiger charge is -2.27. The summed E-state index contributed by atoms with van der Waals surface area (Å²) in [5.74, 6) is -0.533. The summed E-state index contributed by atoms with van der Waals surface area (Å²) in [7, 11) is -7.71. The maximum Gasteiger partial charge on any atom is 0.243 e. The van der Waals surface area contributed by atoms with Crippen molar-refractivity contribution in [2.75, 3.05) is 31.6 Å². The molecule has 1 unspecified atom stereocenters. The van der Waals surface area contributed by atoms with Crippen molar-refractivity contribution in [3.63, 3.8) is 0 Å². The highest BCUT2D eigenvalue weighted by molar-refractivity contribution is 7.89. The molecule has 0 radical (unpaired) electrons. The molecule has 2 N–H and O–H groups in total. The van der Waals surface area contributed by atoms with E-state index >= 15 is 0 Å². The van der Waals surface area contributed by atoms with Gasteiger partial charge in [-0.2, -0.15) is 9.03 Å². The lowest BCUT2D eigenvalue weighted by Crippen LogP contribution is -2.44. The zero-order valence-electron chi connectivity index (χ0n) is 20.4. The normalized spacial score (nSPS) is 16.3. The Labute approximate surface area is 208 Å². The molecular weight excluding hydrogens is 490 g/mol. The minimum absolute atomic E-state index is 0.0294. The molecule has 1 amide bonds. The number of rotatable bonds is 9. The summed E-state index contributed by atoms with van der Waals surface area (Å²) in [5.41, 5.74) is 1.74. The first kappa shape index (κ1) is 27.3. The Hall–Kier alpha value is -2.31. The van der Waals surface area contributed by atoms with E-state index < -0.39 is 32.0 Å². The van der Waals surface area contributed by atoms with Gasteiger partial charge in [0.15, 0.2) is 0 Å². The fourth-order valence-corrected chi connectivity index (χ4v) is 6.63. The summed E-state index contributed by atoms with van der Waals surface area (Å²) in [4.78, 5) is 13.3. The standard InChI is InChI=1S/C24H33N3O6S2/c1-17(2)15-22(26-34(29,30)21-9-5-18(3)6-10-21)24(28)25-20-8-7-19(4)23(16-20)35(31,32)27-11-13-33-14-12-27/h5-10,16-17,22,26H,11-15H2,1-4H3,(H,25,28). The SMILES string of the molecule is Cc1ccc(S(=O)(=O)NC(CC(C)C)C(=O)Nc2ccc(C)c(S(=O)(=O)N3CCOCC3)c2)cc1. The number of carbonyl (C=O) groups is 1. The second-order valence-corrected chi connectivity index (χ2v) is 12.7. The third-order valence-corrected chi connectivity index (χ3v) is 9.22. The van der Waals surface area contributed by atoms with Gasteiger partial charge in [-0.25, -0.2) is 16.8 Å². The average Bonchev–Trinajstić information content (AvgIpc) is 2.80. The summed E-state index contributed by atoms with van der Waals surface area (Å²) in [5, 5.41) is 2.70. The van der Waals surface area contributed by atoms with Crippen LogP contribution in [-0.4, -0.2) is 59.4 Å². The highest BCUT2D eigenvalue weighted by atomic mass is 32.2. The number of amides is 1. The lowest BCUT2D eigenvalue weighted by molar-refractivity contribution is -0.118. The molecule has 1 heterocycles. The van der Waals surface area contributed by atoms with Crippen LogP contribution in [0, 0.1) is 19.8 Å². The fourth-order valence-electron chi connectivity index (χ4n) is 3.76. The maximum absolute atomic E-state index is 13.2. The van der Waals surface area contributed by atoms with E-state index in [1.165, 1.54) is 22.5 Å². The number of aryl methyl sites for hydroxylation is 2. The fraction of sp³-hybridized carbons (Fsp3) is 0.458. The van der Waals surface area contributed by atoms with E-state index in [1.807, 2.05) is 20.8 Å². The van der Waals surface area contributed by atoms with Gasteiger partial charge in [-0.3, -0.25) is 4.79 Å². The van der Waals surface area contributed by atoms with E-state index in [0.29, 0.717) is 18.8 Å². The van der Waals surface area contributed by atoms with Crippen LogP contribution in [0.25, 0.3) is 0 Å². The summed E-state index contributed by atoms with van der Waals surface area (Å²) in [6, 6.07) is 9.96. The minimum atomic E-state index is -3.94. The summed E-state index contributed by atoms with van der Waals surface area (Å²) in [6.45, 7) is 8.49. The molecule has 3 rings (SSSR count). The molecule has 0 bridgehead atoms. The quantitative estimate of drug-likeness (QED) is 0.521. The van der Waals surface area contributed by atoms with E-state index in [-0.39, 0.29) is 40.9 Å². The van der Waals surface area contributed by atoms with Crippen LogP contribution in [0.3, 0.4) is 0 Å². The number of nitrogens with zero attached hydrogens (tertiary/aromatic N) is 1. The molecule has 1 aliphatic heterocycles. The lowest BCUT2D eigenvalue weighted by atomic mass is 10.0. The van der Waals surface area contributed by atoms with Crippen molar-refractivity contribution >= 4 is 31.6 Å². The smallest absolute Gasteiger partial charge is 0.243 e. The molecule has 0 aliphatic carbocycles. The number of benzene rings is 2. The number of anilines is 1. The van der Waals surface area contributed by atoms with Gasteiger partial charge in [0, 0.05) is 18.8 Å². The number of ether oxygens (including phenoxy) is 1. The van der Waals surface area contributed by atoms with Crippen molar-refractivity contribution < 1.29 is 26.4 Å². The van der Waals surface area contributed by atoms with Gasteiger partial charge < -0.3 is 10.1 Å². The molecule has 0 saturated carbocycles. The van der Waals surface area contributed by atoms with E-state index in [9.17, 15) is 21.6 Å². The largest absolute Gasteiger partial charge is 0.379 e. The predicted molar refractivity (Wildman–Crippen MR) is 134 cm³/mol. The second-order valence-electron chi connectivity index (χ2n) is 9.10. The van der Waals surface area contributed by atoms with Crippen LogP contribution in [0.5, 0.6) is 0 Å². The number of carbonyl (C=O) groups excluding carboxylic acids is 1. The Balaban J connectivity index is 1.83. The molecule has 0 spiro atoms. The number of sulfonamides is 2. The van der Waals surface area contributed by atoms with E-state index in [4.69, 9.17) is 4.74 Å². The van der Waals surface area contributed by atoms with E-state index in [0.717, 1.165) is 5.56 Å². The van der Waals surface area contributed by atoms with Gasteiger partial charge in [-0.1, -0.05) is 37.6 Å². The molecule has 1 atom stereocenters. The van der Waals surface area contributed by atoms with Gasteiger partial charge in [0.25, 0.3) is 0 Å². The first-order valence-corrected chi connectivity index (χ1v) is 14.4. The van der Waals surface area contributed by atoms with Gasteiger partial charge in [-0.15, -0.1) is 0 Å². The van der Waals surface area contributed by atoms with E-state index in [2.05, 4.69) is 10.0 Å². The van der Waals surface area contributed by atoms with Crippen LogP contribution < -0.4 is 10.0 Å². The van der Waals surface area contributed by atoms with Crippen molar-refractivity contribution in [1.82, 2.24) is 9.03 Å². The maximum atomic E-state index is 13.2. The number of morpholine rings is 1. The third kappa shape index (κ3) is 6.89. The topological polar surface area (TPSA) is 122 Å². The molecule has 1 saturated heterocycles. The Bertz CT molecular complexity index is 1250. The van der Waals surface area contributed by atoms with Crippen molar-refractivity contribution in [3.8, 4) is 0 Å². The number of nitrogens with one attached hydrogen (secondary N) is 2. The average molecular weight is 524 g/mol. The van der Waals surface area contributed by atoms with Crippen LogP contribution in [0.1, 0.15) is 31.4 Å². The Morgan fingerprint density at radius 1 is 1.00 bits per heavy atom. The molecule has 192 valence electrons. The molecule has 2 aromatic rings. The van der Waals surface area contributed by atoms with Gasteiger partial charge in [0.2, 0.25) is 26.0 Å². The molecule has 0 aromatic heterocycles. The van der Waals surface area contributed by atoms with Crippen molar-refractivity contribution in [1.29, 1.82) is 0 Å². The monoisotopic (exact) mass is 523 g/mol. The van der Waals surface area contributed by atoms with Gasteiger partial charge in [0.05, 0.1) is 23.0 Å². The van der Waals surface area contributed by atoms with Gasteiger partial charge >= 0.3 is 0 Å². The number of hydrogen-bond donors (Lipinski definition) is 2. The zero-order valence-corrected chi connectivity index (χ0v) is 22.1. The van der Waals surface area contributed by atoms with Crippen molar-refractivity contribution in [3.05, 3.63) is 53.6 Å². The van der Waals surface area contributed by atoms with Crippen LogP contribution in [0.2, 0.25) is 0 Å². The molecular formula is C24H33N3O6S2. The third-order valence-electron chi connectivity index (χ3n) is 5.70. The Morgan fingerprint density at radius 3 is 2.23 bits per heavy atom. The van der Waals surface area contributed by atoms with Crippen LogP contribution >= 0.6 is 0 Å². The summed E-state index contributed by atoms with van der Waals surface area (Å²) >= 11 is 0. The molecule has 35 heavy (non-hydrogen) atoms. The molecule has 2 aromatic carbocycles. The Kier molecular flexibility index (Phi) is 8.71. The van der Waals surface area contributed by atoms with Crippen LogP contribution in [0.15, 0.2) is 52.3 Å². The van der Waals surface area contributed by atoms with Crippen molar-refractivity contribution in [2.24, 2.45) is 5.92 Å². The van der Waals surface area contributed by atoms with Gasteiger partial charge in [-0.05, 0) is 56.0 Å². The molecule has 9 nitrogen and oxygen atoms in total. The Morgan fingerprint density at radius 2 is 1.63 bits per heavy atom. The number of hydrogen-bond acceptors (Lipinski definition) is 6. The highest BCUT2D eigenvalue weighted by Gasteiger charge is 2.30. The van der Waals surface area contributed by atoms with E-state index in [1.54, 1.807) is 31.2 Å². The summed E-state index contributed by atoms with van der Waals surface area (Å²) < 4.78 is 61.3. The first-order valence-electron chi connectivity index (χ1n) is 11.5. The van der Waals surface area contributed by atoms with Crippen LogP contribution in [0.4, 0.5) is 5.69 Å². The first-order chi connectivity index (χ1) is 16.4. The molecule has 1 aliphatic rings. The van der Waals surface area contributed by atoms with Gasteiger partial charge in [0.1, 0.15) is 6.04 Å². The zero-order chi connectivity index (χ0) is 25.8. The minimum Gasteiger partial charge on any atom is -0.379 e. The highest BCUT2D eigenvalue weighted by Crippen LogP contribution is 2.25. The molecule has 1 fully saturated rings. The second kappa shape index (κ2) is 11.2.